The summed E-state index contributed by atoms with van der Waals surface area (Å²) in [6.45, 7) is 4.57. The highest BCUT2D eigenvalue weighted by Gasteiger charge is 2.24. The van der Waals surface area contributed by atoms with Crippen molar-refractivity contribution in [2.75, 3.05) is 20.8 Å². The number of fused-ring (bicyclic) bond motifs is 3. The maximum atomic E-state index is 12.8. The number of hydrogen-bond donors (Lipinski definition) is 2. The number of H-pyrrole nitrogens is 1. The van der Waals surface area contributed by atoms with Gasteiger partial charge in [0.15, 0.2) is 16.7 Å². The van der Waals surface area contributed by atoms with E-state index in [0.717, 1.165) is 35.0 Å². The molecule has 176 valence electrons. The van der Waals surface area contributed by atoms with Crippen LogP contribution in [0.5, 0.6) is 11.5 Å². The second-order valence-corrected chi connectivity index (χ2v) is 10.8. The molecule has 0 saturated heterocycles. The highest BCUT2D eigenvalue weighted by Crippen LogP contribution is 2.36. The standard InChI is InChI=1S/C24H29N3O4S2/c1-13-5-7-16-19(11-13)33-23-20(16)22(29)26-24(27-23)32-14(2)21(28)25-10-9-15-6-8-17(30-3)18(12-15)31-4/h6,8,12-14H,5,7,9-11H2,1-4H3,(H,25,28)(H,26,27,29). The first kappa shape index (κ1) is 23.6. The molecule has 1 aliphatic carbocycles. The van der Waals surface area contributed by atoms with E-state index in [1.165, 1.54) is 22.2 Å². The van der Waals surface area contributed by atoms with Crippen LogP contribution in [0.2, 0.25) is 0 Å². The Morgan fingerprint density at radius 3 is 2.88 bits per heavy atom. The van der Waals surface area contributed by atoms with Crippen LogP contribution >= 0.6 is 23.1 Å². The average Bonchev–Trinajstić information content (AvgIpc) is 3.16. The number of carbonyl (C=O) groups excluding carboxylic acids is 1. The Labute approximate surface area is 201 Å². The molecule has 4 rings (SSSR count). The van der Waals surface area contributed by atoms with E-state index in [1.54, 1.807) is 25.6 Å². The molecule has 7 nitrogen and oxygen atoms in total. The van der Waals surface area contributed by atoms with Gasteiger partial charge in [-0.2, -0.15) is 0 Å². The van der Waals surface area contributed by atoms with E-state index in [4.69, 9.17) is 9.47 Å². The summed E-state index contributed by atoms with van der Waals surface area (Å²) in [6, 6.07) is 5.72. The van der Waals surface area contributed by atoms with Gasteiger partial charge < -0.3 is 19.8 Å². The van der Waals surface area contributed by atoms with Gasteiger partial charge in [0.05, 0.1) is 24.9 Å². The van der Waals surface area contributed by atoms with Gasteiger partial charge in [0.2, 0.25) is 5.91 Å². The van der Waals surface area contributed by atoms with Gasteiger partial charge in [-0.05, 0) is 61.8 Å². The third-order valence-electron chi connectivity index (χ3n) is 5.96. The lowest BCUT2D eigenvalue weighted by atomic mass is 9.89. The SMILES string of the molecule is COc1ccc(CCNC(=O)C(C)Sc2nc3sc4c(c3c(=O)[nH]2)CCC(C)C4)cc1OC. The molecule has 1 aromatic carbocycles. The summed E-state index contributed by atoms with van der Waals surface area (Å²) >= 11 is 2.90. The van der Waals surface area contributed by atoms with Crippen LogP contribution in [-0.4, -0.2) is 41.9 Å². The lowest BCUT2D eigenvalue weighted by Gasteiger charge is -2.17. The zero-order valence-corrected chi connectivity index (χ0v) is 21.0. The number of aromatic nitrogens is 2. The van der Waals surface area contributed by atoms with E-state index in [-0.39, 0.29) is 16.7 Å². The van der Waals surface area contributed by atoms with Gasteiger partial charge in [-0.25, -0.2) is 4.98 Å². The smallest absolute Gasteiger partial charge is 0.260 e. The van der Waals surface area contributed by atoms with Crippen molar-refractivity contribution in [1.82, 2.24) is 15.3 Å². The monoisotopic (exact) mass is 487 g/mol. The fourth-order valence-corrected chi connectivity index (χ4v) is 6.38. The second-order valence-electron chi connectivity index (χ2n) is 8.39. The molecule has 0 bridgehead atoms. The molecule has 2 unspecified atom stereocenters. The van der Waals surface area contributed by atoms with Crippen molar-refractivity contribution >= 4 is 39.2 Å². The maximum Gasteiger partial charge on any atom is 0.260 e. The summed E-state index contributed by atoms with van der Waals surface area (Å²) in [6.07, 6.45) is 3.72. The van der Waals surface area contributed by atoms with Crippen molar-refractivity contribution in [3.63, 3.8) is 0 Å². The van der Waals surface area contributed by atoms with Crippen molar-refractivity contribution in [1.29, 1.82) is 0 Å². The molecule has 2 atom stereocenters. The van der Waals surface area contributed by atoms with Crippen LogP contribution in [0.3, 0.4) is 0 Å². The Morgan fingerprint density at radius 1 is 1.33 bits per heavy atom. The molecule has 0 fully saturated rings. The van der Waals surface area contributed by atoms with Crippen LogP contribution in [0.4, 0.5) is 0 Å². The van der Waals surface area contributed by atoms with E-state index in [9.17, 15) is 9.59 Å². The van der Waals surface area contributed by atoms with Crippen LogP contribution in [0.25, 0.3) is 10.2 Å². The molecular weight excluding hydrogens is 458 g/mol. The number of nitrogens with one attached hydrogen (secondary N) is 2. The third-order valence-corrected chi connectivity index (χ3v) is 8.09. The molecular formula is C24H29N3O4S2. The highest BCUT2D eigenvalue weighted by molar-refractivity contribution is 8.00. The molecule has 2 N–H and O–H groups in total. The molecule has 9 heteroatoms. The number of nitrogens with zero attached hydrogens (tertiary/aromatic N) is 1. The van der Waals surface area contributed by atoms with Crippen LogP contribution in [0.1, 0.15) is 36.3 Å². The minimum atomic E-state index is -0.384. The fourth-order valence-electron chi connectivity index (χ4n) is 4.12. The topological polar surface area (TPSA) is 93.3 Å². The quantitative estimate of drug-likeness (QED) is 0.369. The number of carbonyl (C=O) groups is 1. The molecule has 1 amide bonds. The van der Waals surface area contributed by atoms with Gasteiger partial charge in [0.25, 0.3) is 5.56 Å². The van der Waals surface area contributed by atoms with Gasteiger partial charge >= 0.3 is 0 Å². The van der Waals surface area contributed by atoms with E-state index < -0.39 is 0 Å². The summed E-state index contributed by atoms with van der Waals surface area (Å²) in [4.78, 5) is 35.0. The first-order chi connectivity index (χ1) is 15.9. The molecule has 1 aliphatic rings. The Balaban J connectivity index is 1.37. The minimum Gasteiger partial charge on any atom is -0.493 e. The number of benzene rings is 1. The lowest BCUT2D eigenvalue weighted by Crippen LogP contribution is -2.32. The summed E-state index contributed by atoms with van der Waals surface area (Å²) in [5.41, 5.74) is 2.11. The largest absolute Gasteiger partial charge is 0.493 e. The molecule has 33 heavy (non-hydrogen) atoms. The zero-order chi connectivity index (χ0) is 23.5. The maximum absolute atomic E-state index is 12.8. The van der Waals surface area contributed by atoms with E-state index in [2.05, 4.69) is 22.2 Å². The Hall–Kier alpha value is -2.52. The Bertz CT molecular complexity index is 1220. The molecule has 0 spiro atoms. The molecule has 0 saturated carbocycles. The summed E-state index contributed by atoms with van der Waals surface area (Å²) in [5.74, 6) is 1.89. The predicted octanol–water partition coefficient (Wildman–Crippen LogP) is 3.97. The number of ether oxygens (including phenoxy) is 2. The van der Waals surface area contributed by atoms with E-state index in [1.807, 2.05) is 25.1 Å². The van der Waals surface area contributed by atoms with Gasteiger partial charge in [0.1, 0.15) is 4.83 Å². The number of thioether (sulfide) groups is 1. The minimum absolute atomic E-state index is 0.0949. The first-order valence-corrected chi connectivity index (χ1v) is 12.8. The van der Waals surface area contributed by atoms with Crippen molar-refractivity contribution in [2.24, 2.45) is 5.92 Å². The first-order valence-electron chi connectivity index (χ1n) is 11.1. The summed E-state index contributed by atoms with van der Waals surface area (Å²) in [7, 11) is 3.20. The molecule has 0 radical (unpaired) electrons. The van der Waals surface area contributed by atoms with Gasteiger partial charge in [-0.15, -0.1) is 11.3 Å². The summed E-state index contributed by atoms with van der Waals surface area (Å²) < 4.78 is 10.6. The van der Waals surface area contributed by atoms with Crippen molar-refractivity contribution in [2.45, 2.75) is 49.9 Å². The van der Waals surface area contributed by atoms with E-state index in [0.29, 0.717) is 35.5 Å². The number of aryl methyl sites for hydroxylation is 1. The third kappa shape index (κ3) is 5.19. The average molecular weight is 488 g/mol. The van der Waals surface area contributed by atoms with Crippen molar-refractivity contribution in [3.05, 3.63) is 44.6 Å². The zero-order valence-electron chi connectivity index (χ0n) is 19.3. The number of hydrogen-bond acceptors (Lipinski definition) is 7. The molecule has 2 aromatic heterocycles. The van der Waals surface area contributed by atoms with Crippen LogP contribution < -0.4 is 20.3 Å². The lowest BCUT2D eigenvalue weighted by molar-refractivity contribution is -0.120. The van der Waals surface area contributed by atoms with Crippen LogP contribution in [-0.2, 0) is 24.1 Å². The van der Waals surface area contributed by atoms with E-state index >= 15 is 0 Å². The number of aromatic amines is 1. The Morgan fingerprint density at radius 2 is 2.12 bits per heavy atom. The van der Waals surface area contributed by atoms with Gasteiger partial charge in [0, 0.05) is 11.4 Å². The number of thiophene rings is 1. The predicted molar refractivity (Wildman–Crippen MR) is 133 cm³/mol. The fraction of sp³-hybridized carbons (Fsp3) is 0.458. The van der Waals surface area contributed by atoms with Gasteiger partial charge in [-0.1, -0.05) is 24.8 Å². The summed E-state index contributed by atoms with van der Waals surface area (Å²) in [5, 5.41) is 3.80. The van der Waals surface area contributed by atoms with Crippen LogP contribution in [0, 0.1) is 5.92 Å². The van der Waals surface area contributed by atoms with Crippen molar-refractivity contribution < 1.29 is 14.3 Å². The highest BCUT2D eigenvalue weighted by atomic mass is 32.2. The molecule has 0 aliphatic heterocycles. The van der Waals surface area contributed by atoms with Crippen LogP contribution in [0.15, 0.2) is 28.2 Å². The molecule has 3 aromatic rings. The Kier molecular flexibility index (Phi) is 7.29. The number of amides is 1. The van der Waals surface area contributed by atoms with Gasteiger partial charge in [-0.3, -0.25) is 9.59 Å². The molecule has 2 heterocycles. The van der Waals surface area contributed by atoms with Crippen molar-refractivity contribution in [3.8, 4) is 11.5 Å². The number of methoxy groups -OCH3 is 2. The normalized spacial score (nSPS) is 16.3. The second kappa shape index (κ2) is 10.2. The number of rotatable bonds is 8.